The summed E-state index contributed by atoms with van der Waals surface area (Å²) in [5.41, 5.74) is 1.13. The molecule has 3 rings (SSSR count). The molecule has 2 aromatic carbocycles. The highest BCUT2D eigenvalue weighted by atomic mass is 16.7. The molecule has 1 aliphatic rings. The average molecular weight is 365 g/mol. The molecule has 0 aliphatic carbocycles. The molecule has 1 fully saturated rings. The maximum atomic E-state index is 9.58. The van der Waals surface area contributed by atoms with Crippen molar-refractivity contribution in [2.24, 2.45) is 0 Å². The molecule has 0 saturated carbocycles. The van der Waals surface area contributed by atoms with Gasteiger partial charge in [0.2, 0.25) is 0 Å². The van der Waals surface area contributed by atoms with Crippen LogP contribution in [0.1, 0.15) is 38.8 Å². The summed E-state index contributed by atoms with van der Waals surface area (Å²) in [6, 6.07) is 15.3. The van der Waals surface area contributed by atoms with Crippen molar-refractivity contribution in [2.45, 2.75) is 45.5 Å². The van der Waals surface area contributed by atoms with Crippen LogP contribution in [0.2, 0.25) is 0 Å². The standard InChI is InChI=1S/C21H24BNO4/c1-20(2)21(3,4)27-22(26-20)19-16(13-23)7-6-8-18(19)25-14-15-9-11-17(24-5)12-10-15/h6-12H,14H2,1-5H3. The van der Waals surface area contributed by atoms with Crippen molar-refractivity contribution in [3.05, 3.63) is 53.6 Å². The maximum absolute atomic E-state index is 9.58. The molecule has 0 aromatic heterocycles. The van der Waals surface area contributed by atoms with Crippen molar-refractivity contribution in [2.75, 3.05) is 7.11 Å². The molecule has 6 heteroatoms. The van der Waals surface area contributed by atoms with Crippen molar-refractivity contribution >= 4 is 12.6 Å². The lowest BCUT2D eigenvalue weighted by molar-refractivity contribution is 0.00578. The van der Waals surface area contributed by atoms with Gasteiger partial charge in [-0.25, -0.2) is 0 Å². The fourth-order valence-corrected chi connectivity index (χ4v) is 2.85. The molecule has 5 nitrogen and oxygen atoms in total. The number of methoxy groups -OCH3 is 1. The second kappa shape index (κ2) is 7.26. The van der Waals surface area contributed by atoms with Crippen molar-refractivity contribution in [1.82, 2.24) is 0 Å². The molecule has 0 bridgehead atoms. The molecule has 1 saturated heterocycles. The number of rotatable bonds is 5. The van der Waals surface area contributed by atoms with Crippen molar-refractivity contribution in [1.29, 1.82) is 5.26 Å². The SMILES string of the molecule is COc1ccc(COc2cccc(C#N)c2B2OC(C)(C)C(C)(C)O2)cc1. The Morgan fingerprint density at radius 1 is 1.00 bits per heavy atom. The summed E-state index contributed by atoms with van der Waals surface area (Å²) in [6.07, 6.45) is 0. The largest absolute Gasteiger partial charge is 0.500 e. The second-order valence-electron chi connectivity index (χ2n) is 7.55. The Hall–Kier alpha value is -2.49. The van der Waals surface area contributed by atoms with Crippen molar-refractivity contribution < 1.29 is 18.8 Å². The summed E-state index contributed by atoms with van der Waals surface area (Å²) >= 11 is 0. The number of benzene rings is 2. The molecule has 140 valence electrons. The predicted molar refractivity (Wildman–Crippen MR) is 104 cm³/mol. The molecule has 27 heavy (non-hydrogen) atoms. The molecule has 0 radical (unpaired) electrons. The normalized spacial score (nSPS) is 17.4. The number of ether oxygens (including phenoxy) is 2. The zero-order chi connectivity index (χ0) is 19.7. The van der Waals surface area contributed by atoms with Crippen LogP contribution in [0.25, 0.3) is 0 Å². The maximum Gasteiger partial charge on any atom is 0.500 e. The summed E-state index contributed by atoms with van der Waals surface area (Å²) in [6.45, 7) is 8.31. The van der Waals surface area contributed by atoms with Gasteiger partial charge in [0.05, 0.1) is 29.9 Å². The van der Waals surface area contributed by atoms with E-state index >= 15 is 0 Å². The van der Waals surface area contributed by atoms with Gasteiger partial charge in [0, 0.05) is 5.46 Å². The zero-order valence-corrected chi connectivity index (χ0v) is 16.4. The van der Waals surface area contributed by atoms with Crippen LogP contribution >= 0.6 is 0 Å². The van der Waals surface area contributed by atoms with Gasteiger partial charge in [-0.05, 0) is 57.5 Å². The minimum absolute atomic E-state index is 0.366. The Bertz CT molecular complexity index is 839. The van der Waals surface area contributed by atoms with Gasteiger partial charge < -0.3 is 18.8 Å². The highest BCUT2D eigenvalue weighted by Crippen LogP contribution is 2.37. The van der Waals surface area contributed by atoms with E-state index in [2.05, 4.69) is 6.07 Å². The first-order valence-corrected chi connectivity index (χ1v) is 8.92. The summed E-state index contributed by atoms with van der Waals surface area (Å²) in [5.74, 6) is 1.38. The summed E-state index contributed by atoms with van der Waals surface area (Å²) in [4.78, 5) is 0. The van der Waals surface area contributed by atoms with E-state index < -0.39 is 18.3 Å². The van der Waals surface area contributed by atoms with Gasteiger partial charge in [-0.15, -0.1) is 0 Å². The number of hydrogen-bond donors (Lipinski definition) is 0. The highest BCUT2D eigenvalue weighted by Gasteiger charge is 2.53. The first-order valence-electron chi connectivity index (χ1n) is 8.92. The summed E-state index contributed by atoms with van der Waals surface area (Å²) in [5, 5.41) is 9.58. The molecule has 0 unspecified atom stereocenters. The van der Waals surface area contributed by atoms with Gasteiger partial charge >= 0.3 is 7.12 Å². The molecule has 0 N–H and O–H groups in total. The number of nitrogens with zero attached hydrogens (tertiary/aromatic N) is 1. The second-order valence-corrected chi connectivity index (χ2v) is 7.55. The van der Waals surface area contributed by atoms with Crippen LogP contribution < -0.4 is 14.9 Å². The van der Waals surface area contributed by atoms with E-state index in [0.717, 1.165) is 11.3 Å². The first kappa shape index (κ1) is 19.3. The molecule has 0 spiro atoms. The molecule has 1 heterocycles. The minimum atomic E-state index is -0.656. The van der Waals surface area contributed by atoms with Crippen LogP contribution in [-0.2, 0) is 15.9 Å². The van der Waals surface area contributed by atoms with E-state index in [-0.39, 0.29) is 0 Å². The monoisotopic (exact) mass is 365 g/mol. The fourth-order valence-electron chi connectivity index (χ4n) is 2.85. The van der Waals surface area contributed by atoms with Crippen LogP contribution in [0.5, 0.6) is 11.5 Å². The minimum Gasteiger partial charge on any atom is -0.497 e. The fraction of sp³-hybridized carbons (Fsp3) is 0.381. The van der Waals surface area contributed by atoms with E-state index in [1.807, 2.05) is 58.0 Å². The average Bonchev–Trinajstić information content (AvgIpc) is 2.87. The third-order valence-corrected chi connectivity index (χ3v) is 5.23. The molecule has 2 aromatic rings. The highest BCUT2D eigenvalue weighted by molar-refractivity contribution is 6.64. The van der Waals surface area contributed by atoms with Gasteiger partial charge in [-0.3, -0.25) is 0 Å². The van der Waals surface area contributed by atoms with Crippen LogP contribution in [0.4, 0.5) is 0 Å². The quantitative estimate of drug-likeness (QED) is 0.760. The third-order valence-electron chi connectivity index (χ3n) is 5.23. The predicted octanol–water partition coefficient (Wildman–Crippen LogP) is 3.45. The Labute approximate surface area is 161 Å². The lowest BCUT2D eigenvalue weighted by Gasteiger charge is -2.32. The molecule has 0 amide bonds. The van der Waals surface area contributed by atoms with Crippen molar-refractivity contribution in [3.63, 3.8) is 0 Å². The Kier molecular flexibility index (Phi) is 5.19. The van der Waals surface area contributed by atoms with Crippen LogP contribution in [0.3, 0.4) is 0 Å². The van der Waals surface area contributed by atoms with Gasteiger partial charge in [0.25, 0.3) is 0 Å². The van der Waals surface area contributed by atoms with Gasteiger partial charge in [-0.1, -0.05) is 18.2 Å². The summed E-state index contributed by atoms with van der Waals surface area (Å²) in [7, 11) is 0.979. The van der Waals surface area contributed by atoms with Gasteiger partial charge in [0.1, 0.15) is 18.1 Å². The Morgan fingerprint density at radius 2 is 1.63 bits per heavy atom. The van der Waals surface area contributed by atoms with Gasteiger partial charge in [0.15, 0.2) is 0 Å². The smallest absolute Gasteiger partial charge is 0.497 e. The van der Waals surface area contributed by atoms with E-state index in [1.165, 1.54) is 0 Å². The number of nitriles is 1. The van der Waals surface area contributed by atoms with Crippen LogP contribution in [0, 0.1) is 11.3 Å². The zero-order valence-electron chi connectivity index (χ0n) is 16.4. The molecule has 0 atom stereocenters. The molecular formula is C21H24BNO4. The molecular weight excluding hydrogens is 341 g/mol. The van der Waals surface area contributed by atoms with Crippen LogP contribution in [0.15, 0.2) is 42.5 Å². The number of hydrogen-bond acceptors (Lipinski definition) is 5. The van der Waals surface area contributed by atoms with E-state index in [4.69, 9.17) is 18.8 Å². The van der Waals surface area contributed by atoms with E-state index in [9.17, 15) is 5.26 Å². The van der Waals surface area contributed by atoms with E-state index in [1.54, 1.807) is 19.2 Å². The summed E-state index contributed by atoms with van der Waals surface area (Å²) < 4.78 is 23.5. The Morgan fingerprint density at radius 3 is 2.19 bits per heavy atom. The lowest BCUT2D eigenvalue weighted by Crippen LogP contribution is -2.41. The molecule has 1 aliphatic heterocycles. The van der Waals surface area contributed by atoms with Gasteiger partial charge in [-0.2, -0.15) is 5.26 Å². The lowest BCUT2D eigenvalue weighted by atomic mass is 9.75. The first-order chi connectivity index (χ1) is 12.8. The topological polar surface area (TPSA) is 60.7 Å². The third kappa shape index (κ3) is 3.80. The van der Waals surface area contributed by atoms with E-state index in [0.29, 0.717) is 23.4 Å². The Balaban J connectivity index is 1.87. The van der Waals surface area contributed by atoms with Crippen molar-refractivity contribution in [3.8, 4) is 17.6 Å². The van der Waals surface area contributed by atoms with Crippen LogP contribution in [-0.4, -0.2) is 25.4 Å².